The van der Waals surface area contributed by atoms with Gasteiger partial charge in [0.05, 0.1) is 6.54 Å². The molecule has 3 aromatic rings. The quantitative estimate of drug-likeness (QED) is 0.763. The van der Waals surface area contributed by atoms with Crippen molar-refractivity contribution in [3.8, 4) is 0 Å². The van der Waals surface area contributed by atoms with Gasteiger partial charge in [-0.3, -0.25) is 9.59 Å². The lowest BCUT2D eigenvalue weighted by molar-refractivity contribution is -0.115. The van der Waals surface area contributed by atoms with Crippen LogP contribution in [0.15, 0.2) is 60.7 Å². The number of nitrogens with one attached hydrogen (secondary N) is 2. The number of rotatable bonds is 4. The van der Waals surface area contributed by atoms with Gasteiger partial charge in [0.25, 0.3) is 5.91 Å². The predicted molar refractivity (Wildman–Crippen MR) is 101 cm³/mol. The molecule has 0 saturated carbocycles. The third-order valence-corrected chi connectivity index (χ3v) is 4.19. The number of fused-ring (bicyclic) bond motifs is 1. The molecular formula is C21H20N2O2. The average molecular weight is 332 g/mol. The van der Waals surface area contributed by atoms with E-state index in [2.05, 4.69) is 10.6 Å². The van der Waals surface area contributed by atoms with Gasteiger partial charge in [-0.2, -0.15) is 0 Å². The topological polar surface area (TPSA) is 58.2 Å². The van der Waals surface area contributed by atoms with Gasteiger partial charge in [-0.1, -0.05) is 54.6 Å². The van der Waals surface area contributed by atoms with Crippen LogP contribution in [0.3, 0.4) is 0 Å². The Labute approximate surface area is 146 Å². The molecule has 0 aliphatic heterocycles. The third-order valence-electron chi connectivity index (χ3n) is 4.19. The van der Waals surface area contributed by atoms with Crippen molar-refractivity contribution in [2.45, 2.75) is 13.8 Å². The molecule has 25 heavy (non-hydrogen) atoms. The zero-order valence-electron chi connectivity index (χ0n) is 14.3. The zero-order valence-corrected chi connectivity index (χ0v) is 14.3. The zero-order chi connectivity index (χ0) is 17.8. The molecule has 0 bridgehead atoms. The Kier molecular flexibility index (Phi) is 4.80. The summed E-state index contributed by atoms with van der Waals surface area (Å²) in [5.74, 6) is -0.501. The van der Waals surface area contributed by atoms with Crippen molar-refractivity contribution in [1.82, 2.24) is 5.32 Å². The van der Waals surface area contributed by atoms with Gasteiger partial charge in [0.2, 0.25) is 5.91 Å². The molecule has 0 unspecified atom stereocenters. The molecule has 4 nitrogen and oxygen atoms in total. The number of hydrogen-bond acceptors (Lipinski definition) is 2. The molecule has 3 aromatic carbocycles. The molecule has 2 N–H and O–H groups in total. The summed E-state index contributed by atoms with van der Waals surface area (Å²) >= 11 is 0. The van der Waals surface area contributed by atoms with E-state index in [4.69, 9.17) is 0 Å². The van der Waals surface area contributed by atoms with E-state index < -0.39 is 0 Å². The largest absolute Gasteiger partial charge is 0.343 e. The summed E-state index contributed by atoms with van der Waals surface area (Å²) in [4.78, 5) is 24.6. The van der Waals surface area contributed by atoms with E-state index >= 15 is 0 Å². The maximum absolute atomic E-state index is 12.5. The Morgan fingerprint density at radius 3 is 2.24 bits per heavy atom. The van der Waals surface area contributed by atoms with Crippen LogP contribution >= 0.6 is 0 Å². The first-order chi connectivity index (χ1) is 12.1. The standard InChI is InChI=1S/C21H20N2O2/c1-14-7-5-8-15(2)20(14)23-19(24)13-22-21(25)18-12-6-10-16-9-3-4-11-17(16)18/h3-12H,13H2,1-2H3,(H,22,25)(H,23,24). The van der Waals surface area contributed by atoms with Crippen molar-refractivity contribution < 1.29 is 9.59 Å². The molecule has 0 radical (unpaired) electrons. The minimum Gasteiger partial charge on any atom is -0.343 e. The maximum atomic E-state index is 12.5. The number of benzene rings is 3. The van der Waals surface area contributed by atoms with Crippen LogP contribution in [0, 0.1) is 13.8 Å². The van der Waals surface area contributed by atoms with Crippen LogP contribution in [-0.2, 0) is 4.79 Å². The SMILES string of the molecule is Cc1cccc(C)c1NC(=O)CNC(=O)c1cccc2ccccc12. The summed E-state index contributed by atoms with van der Waals surface area (Å²) in [6.45, 7) is 3.81. The minimum atomic E-state index is -0.256. The van der Waals surface area contributed by atoms with Gasteiger partial charge in [0.15, 0.2) is 0 Å². The van der Waals surface area contributed by atoms with Crippen molar-refractivity contribution >= 4 is 28.3 Å². The molecule has 0 spiro atoms. The smallest absolute Gasteiger partial charge is 0.252 e. The lowest BCUT2D eigenvalue weighted by Gasteiger charge is -2.12. The van der Waals surface area contributed by atoms with E-state index in [1.165, 1.54) is 0 Å². The van der Waals surface area contributed by atoms with E-state index in [9.17, 15) is 9.59 Å². The van der Waals surface area contributed by atoms with Crippen LogP contribution in [0.5, 0.6) is 0 Å². The first-order valence-electron chi connectivity index (χ1n) is 8.18. The summed E-state index contributed by atoms with van der Waals surface area (Å²) < 4.78 is 0. The van der Waals surface area contributed by atoms with E-state index in [-0.39, 0.29) is 18.4 Å². The Balaban J connectivity index is 1.69. The van der Waals surface area contributed by atoms with Gasteiger partial charge in [-0.05, 0) is 41.8 Å². The summed E-state index contributed by atoms with van der Waals surface area (Å²) in [5.41, 5.74) is 3.35. The molecule has 0 saturated heterocycles. The molecular weight excluding hydrogens is 312 g/mol. The van der Waals surface area contributed by atoms with Gasteiger partial charge in [0.1, 0.15) is 0 Å². The van der Waals surface area contributed by atoms with Gasteiger partial charge in [0, 0.05) is 11.3 Å². The molecule has 0 aliphatic rings. The highest BCUT2D eigenvalue weighted by Gasteiger charge is 2.12. The number of carbonyl (C=O) groups excluding carboxylic acids is 2. The lowest BCUT2D eigenvalue weighted by atomic mass is 10.0. The van der Waals surface area contributed by atoms with Gasteiger partial charge in [-0.15, -0.1) is 0 Å². The Hall–Kier alpha value is -3.14. The molecule has 0 fully saturated rings. The maximum Gasteiger partial charge on any atom is 0.252 e. The van der Waals surface area contributed by atoms with E-state index in [1.54, 1.807) is 6.07 Å². The number of para-hydroxylation sites is 1. The number of amides is 2. The van der Waals surface area contributed by atoms with Crippen LogP contribution in [0.4, 0.5) is 5.69 Å². The highest BCUT2D eigenvalue weighted by Crippen LogP contribution is 2.20. The van der Waals surface area contributed by atoms with E-state index in [0.717, 1.165) is 27.6 Å². The van der Waals surface area contributed by atoms with Gasteiger partial charge < -0.3 is 10.6 Å². The third kappa shape index (κ3) is 3.69. The Morgan fingerprint density at radius 2 is 1.48 bits per heavy atom. The summed E-state index contributed by atoms with van der Waals surface area (Å²) in [6.07, 6.45) is 0. The first-order valence-corrected chi connectivity index (χ1v) is 8.18. The second kappa shape index (κ2) is 7.18. The monoisotopic (exact) mass is 332 g/mol. The Bertz CT molecular complexity index is 922. The molecule has 4 heteroatoms. The normalized spacial score (nSPS) is 10.5. The van der Waals surface area contributed by atoms with Crippen LogP contribution in [0.2, 0.25) is 0 Å². The second-order valence-electron chi connectivity index (χ2n) is 6.02. The van der Waals surface area contributed by atoms with E-state index in [1.807, 2.05) is 68.4 Å². The Morgan fingerprint density at radius 1 is 0.840 bits per heavy atom. The highest BCUT2D eigenvalue weighted by atomic mass is 16.2. The first kappa shape index (κ1) is 16.7. The lowest BCUT2D eigenvalue weighted by Crippen LogP contribution is -2.33. The van der Waals surface area contributed by atoms with Crippen molar-refractivity contribution in [3.63, 3.8) is 0 Å². The van der Waals surface area contributed by atoms with Crippen molar-refractivity contribution in [1.29, 1.82) is 0 Å². The number of anilines is 1. The minimum absolute atomic E-state index is 0.0736. The van der Waals surface area contributed by atoms with Crippen molar-refractivity contribution in [3.05, 3.63) is 77.4 Å². The molecule has 0 atom stereocenters. The van der Waals surface area contributed by atoms with Crippen LogP contribution in [0.25, 0.3) is 10.8 Å². The van der Waals surface area contributed by atoms with E-state index in [0.29, 0.717) is 5.56 Å². The number of carbonyl (C=O) groups is 2. The highest BCUT2D eigenvalue weighted by molar-refractivity contribution is 6.08. The molecule has 0 aliphatic carbocycles. The summed E-state index contributed by atoms with van der Waals surface area (Å²) in [6, 6.07) is 19.1. The molecule has 0 aromatic heterocycles. The summed E-state index contributed by atoms with van der Waals surface area (Å²) in [5, 5.41) is 7.44. The molecule has 3 rings (SSSR count). The van der Waals surface area contributed by atoms with Gasteiger partial charge >= 0.3 is 0 Å². The number of hydrogen-bond donors (Lipinski definition) is 2. The fraction of sp³-hybridized carbons (Fsp3) is 0.143. The fourth-order valence-electron chi connectivity index (χ4n) is 2.87. The molecule has 0 heterocycles. The van der Waals surface area contributed by atoms with Crippen molar-refractivity contribution in [2.24, 2.45) is 0 Å². The average Bonchev–Trinajstić information content (AvgIpc) is 2.62. The van der Waals surface area contributed by atoms with Crippen LogP contribution in [0.1, 0.15) is 21.5 Å². The van der Waals surface area contributed by atoms with Crippen LogP contribution in [-0.4, -0.2) is 18.4 Å². The summed E-state index contributed by atoms with van der Waals surface area (Å²) in [7, 11) is 0. The van der Waals surface area contributed by atoms with Crippen LogP contribution < -0.4 is 10.6 Å². The van der Waals surface area contributed by atoms with Crippen molar-refractivity contribution in [2.75, 3.05) is 11.9 Å². The van der Waals surface area contributed by atoms with Gasteiger partial charge in [-0.25, -0.2) is 0 Å². The fourth-order valence-corrected chi connectivity index (χ4v) is 2.87. The second-order valence-corrected chi connectivity index (χ2v) is 6.02. The molecule has 2 amide bonds. The number of aryl methyl sites for hydroxylation is 2. The molecule has 126 valence electrons. The predicted octanol–water partition coefficient (Wildman–Crippen LogP) is 3.83.